The lowest BCUT2D eigenvalue weighted by Crippen LogP contribution is -2.43. The van der Waals surface area contributed by atoms with Crippen LogP contribution in [0.1, 0.15) is 32.6 Å². The van der Waals surface area contributed by atoms with E-state index < -0.39 is 18.0 Å². The Kier molecular flexibility index (Phi) is 7.69. The number of amides is 1. The summed E-state index contributed by atoms with van der Waals surface area (Å²) in [5.74, 6) is -3.04. The van der Waals surface area contributed by atoms with E-state index >= 15 is 0 Å². The van der Waals surface area contributed by atoms with Crippen molar-refractivity contribution in [2.75, 3.05) is 6.54 Å². The second-order valence-corrected chi connectivity index (χ2v) is 4.16. The third kappa shape index (κ3) is 6.85. The molecule has 0 aromatic rings. The number of rotatable bonds is 9. The highest BCUT2D eigenvalue weighted by Gasteiger charge is 2.23. The molecular weight excluding hydrogens is 240 g/mol. The smallest absolute Gasteiger partial charge is 0.326 e. The van der Waals surface area contributed by atoms with E-state index in [4.69, 9.17) is 15.9 Å². The van der Waals surface area contributed by atoms with Crippen LogP contribution in [0, 0.1) is 5.92 Å². The van der Waals surface area contributed by atoms with Gasteiger partial charge in [0, 0.05) is 12.3 Å². The molecule has 0 fully saturated rings. The molecule has 0 aromatic heterocycles. The topological polar surface area (TPSA) is 130 Å². The molecule has 0 aromatic carbocycles. The number of hydrogen-bond acceptors (Lipinski definition) is 4. The molecule has 0 saturated heterocycles. The van der Waals surface area contributed by atoms with Crippen LogP contribution in [0.5, 0.6) is 0 Å². The van der Waals surface area contributed by atoms with Gasteiger partial charge in [0.25, 0.3) is 0 Å². The normalized spacial score (nSPS) is 13.7. The zero-order valence-corrected chi connectivity index (χ0v) is 10.4. The molecule has 0 heterocycles. The van der Waals surface area contributed by atoms with Crippen LogP contribution in [0.3, 0.4) is 0 Å². The monoisotopic (exact) mass is 260 g/mol. The minimum atomic E-state index is -1.23. The summed E-state index contributed by atoms with van der Waals surface area (Å²) in [6, 6.07) is -1.16. The van der Waals surface area contributed by atoms with E-state index in [-0.39, 0.29) is 24.7 Å². The Bertz CT molecular complexity index is 306. The summed E-state index contributed by atoms with van der Waals surface area (Å²) in [6.45, 7) is 2.15. The molecule has 0 aliphatic rings. The van der Waals surface area contributed by atoms with E-state index in [1.807, 2.05) is 0 Å². The van der Waals surface area contributed by atoms with Crippen molar-refractivity contribution in [2.45, 2.75) is 38.6 Å². The molecule has 0 aliphatic heterocycles. The van der Waals surface area contributed by atoms with E-state index in [0.717, 1.165) is 0 Å². The van der Waals surface area contributed by atoms with E-state index in [9.17, 15) is 14.4 Å². The van der Waals surface area contributed by atoms with Gasteiger partial charge in [0.15, 0.2) is 0 Å². The summed E-state index contributed by atoms with van der Waals surface area (Å²) in [7, 11) is 0. The molecule has 104 valence electrons. The zero-order valence-electron chi connectivity index (χ0n) is 10.4. The van der Waals surface area contributed by atoms with Gasteiger partial charge < -0.3 is 21.3 Å². The van der Waals surface area contributed by atoms with Gasteiger partial charge in [0.05, 0.1) is 0 Å². The molecule has 0 radical (unpaired) electrons. The Hall–Kier alpha value is -1.63. The first-order valence-corrected chi connectivity index (χ1v) is 5.83. The molecule has 7 nitrogen and oxygen atoms in total. The number of hydrogen-bond donors (Lipinski definition) is 4. The number of carbonyl (C=O) groups excluding carboxylic acids is 1. The van der Waals surface area contributed by atoms with Crippen molar-refractivity contribution >= 4 is 17.8 Å². The van der Waals surface area contributed by atoms with Crippen LogP contribution < -0.4 is 11.1 Å². The highest BCUT2D eigenvalue weighted by atomic mass is 16.4. The van der Waals surface area contributed by atoms with Gasteiger partial charge in [0.2, 0.25) is 5.91 Å². The van der Waals surface area contributed by atoms with Crippen molar-refractivity contribution in [1.82, 2.24) is 5.32 Å². The van der Waals surface area contributed by atoms with Gasteiger partial charge in [-0.2, -0.15) is 0 Å². The average Bonchev–Trinajstić information content (AvgIpc) is 2.30. The SMILES string of the molecule is CC(CCCN)C(=O)NC(CCC(=O)O)C(=O)O. The Labute approximate surface area is 105 Å². The Balaban J connectivity index is 4.26. The number of nitrogens with one attached hydrogen (secondary N) is 1. The van der Waals surface area contributed by atoms with Crippen LogP contribution >= 0.6 is 0 Å². The highest BCUT2D eigenvalue weighted by molar-refractivity contribution is 5.85. The molecule has 18 heavy (non-hydrogen) atoms. The molecule has 0 saturated carbocycles. The lowest BCUT2D eigenvalue weighted by molar-refractivity contribution is -0.143. The maximum absolute atomic E-state index is 11.6. The van der Waals surface area contributed by atoms with Crippen LogP contribution in [-0.4, -0.2) is 40.6 Å². The molecule has 0 rings (SSSR count). The molecule has 1 amide bonds. The molecule has 2 atom stereocenters. The van der Waals surface area contributed by atoms with E-state index in [0.29, 0.717) is 19.4 Å². The van der Waals surface area contributed by atoms with Crippen molar-refractivity contribution < 1.29 is 24.6 Å². The van der Waals surface area contributed by atoms with Crippen molar-refractivity contribution in [1.29, 1.82) is 0 Å². The Morgan fingerprint density at radius 2 is 1.83 bits per heavy atom. The lowest BCUT2D eigenvalue weighted by Gasteiger charge is -2.17. The van der Waals surface area contributed by atoms with Crippen molar-refractivity contribution in [3.8, 4) is 0 Å². The predicted molar refractivity (Wildman–Crippen MR) is 63.9 cm³/mol. The van der Waals surface area contributed by atoms with Crippen LogP contribution in [0.15, 0.2) is 0 Å². The molecule has 7 heteroatoms. The van der Waals surface area contributed by atoms with E-state index in [1.54, 1.807) is 6.92 Å². The van der Waals surface area contributed by atoms with Crippen LogP contribution in [0.2, 0.25) is 0 Å². The first-order valence-electron chi connectivity index (χ1n) is 5.83. The maximum Gasteiger partial charge on any atom is 0.326 e. The van der Waals surface area contributed by atoms with Gasteiger partial charge in [-0.05, 0) is 25.8 Å². The zero-order chi connectivity index (χ0) is 14.1. The Morgan fingerprint density at radius 1 is 1.22 bits per heavy atom. The fourth-order valence-electron chi connectivity index (χ4n) is 1.39. The fourth-order valence-corrected chi connectivity index (χ4v) is 1.39. The van der Waals surface area contributed by atoms with Gasteiger partial charge in [0.1, 0.15) is 6.04 Å². The molecule has 0 aliphatic carbocycles. The number of carboxylic acid groups (broad SMARTS) is 2. The van der Waals surface area contributed by atoms with Crippen molar-refractivity contribution in [2.24, 2.45) is 11.7 Å². The number of aliphatic carboxylic acids is 2. The minimum Gasteiger partial charge on any atom is -0.481 e. The lowest BCUT2D eigenvalue weighted by atomic mass is 10.0. The van der Waals surface area contributed by atoms with Gasteiger partial charge in [-0.3, -0.25) is 9.59 Å². The third-order valence-corrected chi connectivity index (χ3v) is 2.55. The van der Waals surface area contributed by atoms with Gasteiger partial charge in [-0.1, -0.05) is 6.92 Å². The van der Waals surface area contributed by atoms with E-state index in [1.165, 1.54) is 0 Å². The molecule has 0 spiro atoms. The quantitative estimate of drug-likeness (QED) is 0.454. The second-order valence-electron chi connectivity index (χ2n) is 4.16. The standard InChI is InChI=1S/C11H20N2O5/c1-7(3-2-6-12)10(16)13-8(11(17)18)4-5-9(14)15/h7-8H,2-6,12H2,1H3,(H,13,16)(H,14,15)(H,17,18). The first kappa shape index (κ1) is 16.4. The summed E-state index contributed by atoms with van der Waals surface area (Å²) in [4.78, 5) is 32.9. The second kappa shape index (κ2) is 8.46. The van der Waals surface area contributed by atoms with Crippen LogP contribution in [0.25, 0.3) is 0 Å². The summed E-state index contributed by atoms with van der Waals surface area (Å²) in [5, 5.41) is 19.7. The van der Waals surface area contributed by atoms with Crippen LogP contribution in [-0.2, 0) is 14.4 Å². The summed E-state index contributed by atoms with van der Waals surface area (Å²) < 4.78 is 0. The molecular formula is C11H20N2O5. The minimum absolute atomic E-state index is 0.125. The first-order chi connectivity index (χ1) is 8.38. The van der Waals surface area contributed by atoms with Crippen molar-refractivity contribution in [3.05, 3.63) is 0 Å². The summed E-state index contributed by atoms with van der Waals surface area (Å²) in [6.07, 6.45) is 0.837. The largest absolute Gasteiger partial charge is 0.481 e. The Morgan fingerprint density at radius 3 is 2.28 bits per heavy atom. The van der Waals surface area contributed by atoms with E-state index in [2.05, 4.69) is 5.32 Å². The number of nitrogens with two attached hydrogens (primary N) is 1. The maximum atomic E-state index is 11.6. The van der Waals surface area contributed by atoms with Gasteiger partial charge in [-0.25, -0.2) is 4.79 Å². The molecule has 5 N–H and O–H groups in total. The molecule has 0 bridgehead atoms. The number of carbonyl (C=O) groups is 3. The summed E-state index contributed by atoms with van der Waals surface area (Å²) >= 11 is 0. The van der Waals surface area contributed by atoms with Gasteiger partial charge >= 0.3 is 11.9 Å². The van der Waals surface area contributed by atoms with Gasteiger partial charge in [-0.15, -0.1) is 0 Å². The number of carboxylic acids is 2. The van der Waals surface area contributed by atoms with Crippen LogP contribution in [0.4, 0.5) is 0 Å². The average molecular weight is 260 g/mol. The fraction of sp³-hybridized carbons (Fsp3) is 0.727. The molecule has 2 unspecified atom stereocenters. The van der Waals surface area contributed by atoms with Crippen molar-refractivity contribution in [3.63, 3.8) is 0 Å². The third-order valence-electron chi connectivity index (χ3n) is 2.55. The highest BCUT2D eigenvalue weighted by Crippen LogP contribution is 2.06. The summed E-state index contributed by atoms with van der Waals surface area (Å²) in [5.41, 5.74) is 5.32. The predicted octanol–water partition coefficient (Wildman–Crippen LogP) is -0.204.